The average Bonchev–Trinajstić information content (AvgIpc) is 3.22. The molecule has 0 saturated carbocycles. The van der Waals surface area contributed by atoms with Crippen molar-refractivity contribution in [2.24, 2.45) is 5.92 Å². The minimum Gasteiger partial charge on any atom is -0.326 e. The van der Waals surface area contributed by atoms with Gasteiger partial charge in [0.05, 0.1) is 5.92 Å². The number of carbonyl (C=O) groups is 3. The molecule has 0 spiro atoms. The molecule has 1 saturated heterocycles. The van der Waals surface area contributed by atoms with Crippen molar-refractivity contribution in [3.63, 3.8) is 0 Å². The fraction of sp³-hybridized carbons (Fsp3) is 0.222. The van der Waals surface area contributed by atoms with E-state index in [1.54, 1.807) is 29.2 Å². The summed E-state index contributed by atoms with van der Waals surface area (Å²) in [4.78, 5) is 39.8. The van der Waals surface area contributed by atoms with Gasteiger partial charge in [-0.3, -0.25) is 14.4 Å². The summed E-state index contributed by atoms with van der Waals surface area (Å²) < 4.78 is 0. The predicted molar refractivity (Wildman–Crippen MR) is 130 cm³/mol. The van der Waals surface area contributed by atoms with Crippen molar-refractivity contribution < 1.29 is 14.4 Å². The molecule has 4 rings (SSSR count). The predicted octanol–water partition coefficient (Wildman–Crippen LogP) is 5.05. The van der Waals surface area contributed by atoms with Crippen molar-refractivity contribution in [2.75, 3.05) is 22.1 Å². The molecule has 0 aromatic heterocycles. The van der Waals surface area contributed by atoms with Gasteiger partial charge in [-0.1, -0.05) is 50.2 Å². The van der Waals surface area contributed by atoms with Gasteiger partial charge in [-0.2, -0.15) is 0 Å². The Kier molecular flexibility index (Phi) is 6.54. The van der Waals surface area contributed by atoms with Crippen LogP contribution >= 0.6 is 0 Å². The Labute approximate surface area is 193 Å². The van der Waals surface area contributed by atoms with E-state index in [2.05, 4.69) is 24.5 Å². The van der Waals surface area contributed by atoms with Crippen molar-refractivity contribution in [3.8, 4) is 0 Å². The second-order valence-electron chi connectivity index (χ2n) is 8.55. The lowest BCUT2D eigenvalue weighted by Crippen LogP contribution is -2.28. The molecular weight excluding hydrogens is 414 g/mol. The van der Waals surface area contributed by atoms with Crippen LogP contribution in [-0.2, 0) is 9.59 Å². The smallest absolute Gasteiger partial charge is 0.255 e. The molecule has 1 aliphatic rings. The van der Waals surface area contributed by atoms with E-state index in [0.717, 1.165) is 11.3 Å². The van der Waals surface area contributed by atoms with Crippen LogP contribution in [0.15, 0.2) is 78.9 Å². The molecule has 3 aromatic carbocycles. The van der Waals surface area contributed by atoms with E-state index < -0.39 is 5.92 Å². The van der Waals surface area contributed by atoms with Gasteiger partial charge >= 0.3 is 0 Å². The molecule has 3 aromatic rings. The largest absolute Gasteiger partial charge is 0.326 e. The molecule has 0 aliphatic carbocycles. The fourth-order valence-corrected chi connectivity index (χ4v) is 3.89. The molecule has 0 bridgehead atoms. The Balaban J connectivity index is 1.44. The van der Waals surface area contributed by atoms with Gasteiger partial charge in [-0.25, -0.2) is 0 Å². The van der Waals surface area contributed by atoms with Gasteiger partial charge < -0.3 is 15.5 Å². The number of anilines is 3. The van der Waals surface area contributed by atoms with Gasteiger partial charge in [0.15, 0.2) is 0 Å². The maximum Gasteiger partial charge on any atom is 0.255 e. The zero-order chi connectivity index (χ0) is 23.4. The Bertz CT molecular complexity index is 1170. The fourth-order valence-electron chi connectivity index (χ4n) is 3.89. The van der Waals surface area contributed by atoms with Crippen LogP contribution in [0.3, 0.4) is 0 Å². The Hall–Kier alpha value is -3.93. The van der Waals surface area contributed by atoms with Crippen molar-refractivity contribution in [1.29, 1.82) is 0 Å². The summed E-state index contributed by atoms with van der Waals surface area (Å²) in [6.07, 6.45) is 0.135. The van der Waals surface area contributed by atoms with Crippen LogP contribution in [-0.4, -0.2) is 24.3 Å². The van der Waals surface area contributed by atoms with Crippen molar-refractivity contribution in [3.05, 3.63) is 90.0 Å². The molecule has 168 valence electrons. The third kappa shape index (κ3) is 5.29. The van der Waals surface area contributed by atoms with Gasteiger partial charge in [-0.05, 0) is 53.9 Å². The van der Waals surface area contributed by atoms with Crippen LogP contribution in [0.1, 0.15) is 42.1 Å². The molecular formula is C27H27N3O3. The van der Waals surface area contributed by atoms with Gasteiger partial charge in [-0.15, -0.1) is 0 Å². The Morgan fingerprint density at radius 3 is 2.36 bits per heavy atom. The molecule has 0 radical (unpaired) electrons. The lowest BCUT2D eigenvalue weighted by Gasteiger charge is -2.18. The van der Waals surface area contributed by atoms with Gasteiger partial charge in [0.2, 0.25) is 11.8 Å². The third-order valence-electron chi connectivity index (χ3n) is 5.77. The summed E-state index contributed by atoms with van der Waals surface area (Å²) in [5.41, 5.74) is 3.63. The van der Waals surface area contributed by atoms with Crippen molar-refractivity contribution >= 4 is 34.8 Å². The minimum atomic E-state index is -0.456. The van der Waals surface area contributed by atoms with E-state index in [1.165, 1.54) is 0 Å². The monoisotopic (exact) mass is 441 g/mol. The number of hydrogen-bond acceptors (Lipinski definition) is 3. The van der Waals surface area contributed by atoms with E-state index in [4.69, 9.17) is 0 Å². The standard InChI is InChI=1S/C27H27N3O3/c1-18(2)19-8-6-12-23(14-19)29-27(33)21-16-25(31)30(17-21)24-13-7-9-20(15-24)26(32)28-22-10-4-3-5-11-22/h3-15,18,21H,16-17H2,1-2H3,(H,28,32)(H,29,33)/t21-/m0/s1. The first-order chi connectivity index (χ1) is 15.9. The molecule has 3 amide bonds. The highest BCUT2D eigenvalue weighted by atomic mass is 16.2. The quantitative estimate of drug-likeness (QED) is 0.562. The molecule has 1 aliphatic heterocycles. The minimum absolute atomic E-state index is 0.133. The van der Waals surface area contributed by atoms with E-state index in [9.17, 15) is 14.4 Å². The molecule has 6 heteroatoms. The molecule has 2 N–H and O–H groups in total. The molecule has 33 heavy (non-hydrogen) atoms. The van der Waals surface area contributed by atoms with E-state index in [0.29, 0.717) is 22.9 Å². The Morgan fingerprint density at radius 2 is 1.61 bits per heavy atom. The number of benzene rings is 3. The van der Waals surface area contributed by atoms with E-state index in [-0.39, 0.29) is 30.7 Å². The number of rotatable bonds is 6. The summed E-state index contributed by atoms with van der Waals surface area (Å²) in [7, 11) is 0. The van der Waals surface area contributed by atoms with Crippen LogP contribution in [0.5, 0.6) is 0 Å². The van der Waals surface area contributed by atoms with Crippen LogP contribution in [0, 0.1) is 5.92 Å². The van der Waals surface area contributed by atoms with Crippen molar-refractivity contribution in [2.45, 2.75) is 26.2 Å². The number of nitrogens with zero attached hydrogens (tertiary/aromatic N) is 1. The highest BCUT2D eigenvalue weighted by Gasteiger charge is 2.35. The van der Waals surface area contributed by atoms with Gasteiger partial charge in [0.1, 0.15) is 0 Å². The van der Waals surface area contributed by atoms with E-state index in [1.807, 2.05) is 54.6 Å². The van der Waals surface area contributed by atoms with Gasteiger partial charge in [0, 0.05) is 35.6 Å². The Morgan fingerprint density at radius 1 is 0.879 bits per heavy atom. The summed E-state index contributed by atoms with van der Waals surface area (Å²) in [5, 5.41) is 5.79. The van der Waals surface area contributed by atoms with Crippen LogP contribution in [0.2, 0.25) is 0 Å². The number of nitrogens with one attached hydrogen (secondary N) is 2. The van der Waals surface area contributed by atoms with Crippen molar-refractivity contribution in [1.82, 2.24) is 0 Å². The molecule has 1 fully saturated rings. The highest BCUT2D eigenvalue weighted by molar-refractivity contribution is 6.07. The summed E-state index contributed by atoms with van der Waals surface area (Å²) in [5.74, 6) is -0.663. The van der Waals surface area contributed by atoms with Crippen LogP contribution in [0.25, 0.3) is 0 Å². The normalized spacial score (nSPS) is 15.5. The van der Waals surface area contributed by atoms with Crippen LogP contribution in [0.4, 0.5) is 17.1 Å². The first-order valence-electron chi connectivity index (χ1n) is 11.1. The highest BCUT2D eigenvalue weighted by Crippen LogP contribution is 2.27. The summed E-state index contributed by atoms with van der Waals surface area (Å²) in [6, 6.07) is 23.9. The maximum atomic E-state index is 12.8. The second kappa shape index (κ2) is 9.69. The topological polar surface area (TPSA) is 78.5 Å². The molecule has 6 nitrogen and oxygen atoms in total. The molecule has 0 unspecified atom stereocenters. The number of hydrogen-bond donors (Lipinski definition) is 2. The number of para-hydroxylation sites is 1. The molecule has 1 heterocycles. The third-order valence-corrected chi connectivity index (χ3v) is 5.77. The second-order valence-corrected chi connectivity index (χ2v) is 8.55. The molecule has 1 atom stereocenters. The zero-order valence-corrected chi connectivity index (χ0v) is 18.7. The van der Waals surface area contributed by atoms with E-state index >= 15 is 0 Å². The lowest BCUT2D eigenvalue weighted by molar-refractivity contribution is -0.122. The number of amides is 3. The summed E-state index contributed by atoms with van der Waals surface area (Å²) >= 11 is 0. The zero-order valence-electron chi connectivity index (χ0n) is 18.7. The first kappa shape index (κ1) is 22.3. The summed E-state index contributed by atoms with van der Waals surface area (Å²) in [6.45, 7) is 4.48. The van der Waals surface area contributed by atoms with Crippen LogP contribution < -0.4 is 15.5 Å². The number of carbonyl (C=O) groups excluding carboxylic acids is 3. The lowest BCUT2D eigenvalue weighted by atomic mass is 10.0. The SMILES string of the molecule is CC(C)c1cccc(NC(=O)[C@H]2CC(=O)N(c3cccc(C(=O)Nc4ccccc4)c3)C2)c1. The maximum absolute atomic E-state index is 12.8. The van der Waals surface area contributed by atoms with Gasteiger partial charge in [0.25, 0.3) is 5.91 Å². The average molecular weight is 442 g/mol. The first-order valence-corrected chi connectivity index (χ1v) is 11.1.